The maximum atomic E-state index is 12.5. The molecule has 6 nitrogen and oxygen atoms in total. The van der Waals surface area contributed by atoms with Crippen molar-refractivity contribution in [3.8, 4) is 17.2 Å². The van der Waals surface area contributed by atoms with E-state index in [0.29, 0.717) is 30.2 Å². The number of rotatable bonds is 7. The van der Waals surface area contributed by atoms with E-state index in [0.717, 1.165) is 11.4 Å². The molecule has 0 radical (unpaired) electrons. The molecule has 1 heterocycles. The summed E-state index contributed by atoms with van der Waals surface area (Å²) in [5, 5.41) is 7.47. The minimum Gasteiger partial charge on any atom is -0.497 e. The summed E-state index contributed by atoms with van der Waals surface area (Å²) in [5.74, 6) is 1.19. The van der Waals surface area contributed by atoms with Crippen LogP contribution in [0.4, 0.5) is 0 Å². The molecule has 0 saturated heterocycles. The highest BCUT2D eigenvalue weighted by atomic mass is 35.5. The van der Waals surface area contributed by atoms with Crippen LogP contribution < -0.4 is 14.8 Å². The number of benzene rings is 2. The van der Waals surface area contributed by atoms with Gasteiger partial charge in [-0.2, -0.15) is 5.10 Å². The van der Waals surface area contributed by atoms with E-state index in [4.69, 9.17) is 21.1 Å². The monoisotopic (exact) mass is 385 g/mol. The Labute approximate surface area is 162 Å². The van der Waals surface area contributed by atoms with Crippen LogP contribution in [0.5, 0.6) is 11.5 Å². The van der Waals surface area contributed by atoms with Crippen molar-refractivity contribution < 1.29 is 14.3 Å². The highest BCUT2D eigenvalue weighted by Gasteiger charge is 2.20. The number of aromatic nitrogens is 2. The highest BCUT2D eigenvalue weighted by Crippen LogP contribution is 2.23. The first-order valence-corrected chi connectivity index (χ1v) is 8.83. The van der Waals surface area contributed by atoms with Gasteiger partial charge in [-0.1, -0.05) is 29.8 Å². The summed E-state index contributed by atoms with van der Waals surface area (Å²) in [6.45, 7) is 2.44. The number of hydrogen-bond acceptors (Lipinski definition) is 4. The van der Waals surface area contributed by atoms with Gasteiger partial charge in [-0.05, 0) is 43.3 Å². The van der Waals surface area contributed by atoms with E-state index in [2.05, 4.69) is 10.4 Å². The molecule has 3 aromatic rings. The molecule has 0 saturated carbocycles. The maximum absolute atomic E-state index is 12.5. The lowest BCUT2D eigenvalue weighted by Crippen LogP contribution is -2.28. The van der Waals surface area contributed by atoms with Crippen molar-refractivity contribution in [2.24, 2.45) is 0 Å². The number of amides is 1. The molecular weight excluding hydrogens is 366 g/mol. The SMILES string of the molecule is COc1ccc(OCCNC(=O)c2c(C)nn(-c3ccccc3)c2Cl)cc1. The summed E-state index contributed by atoms with van der Waals surface area (Å²) >= 11 is 6.39. The van der Waals surface area contributed by atoms with Crippen molar-refractivity contribution in [3.05, 3.63) is 71.0 Å². The second-order valence-electron chi connectivity index (χ2n) is 5.78. The quantitative estimate of drug-likeness (QED) is 0.630. The lowest BCUT2D eigenvalue weighted by Gasteiger charge is -2.08. The van der Waals surface area contributed by atoms with Crippen LogP contribution in [0.15, 0.2) is 54.6 Å². The molecule has 1 amide bonds. The van der Waals surface area contributed by atoms with Gasteiger partial charge in [0.05, 0.1) is 30.6 Å². The van der Waals surface area contributed by atoms with Crippen LogP contribution in [-0.2, 0) is 0 Å². The highest BCUT2D eigenvalue weighted by molar-refractivity contribution is 6.33. The van der Waals surface area contributed by atoms with E-state index in [1.807, 2.05) is 54.6 Å². The number of hydrogen-bond donors (Lipinski definition) is 1. The minimum atomic E-state index is -0.280. The molecule has 2 aromatic carbocycles. The molecule has 0 fully saturated rings. The third-order valence-corrected chi connectivity index (χ3v) is 4.30. The van der Waals surface area contributed by atoms with Gasteiger partial charge in [0.1, 0.15) is 23.3 Å². The number of nitrogens with one attached hydrogen (secondary N) is 1. The maximum Gasteiger partial charge on any atom is 0.256 e. The fourth-order valence-corrected chi connectivity index (χ4v) is 2.95. The molecule has 0 spiro atoms. The van der Waals surface area contributed by atoms with E-state index in [9.17, 15) is 4.79 Å². The summed E-state index contributed by atoms with van der Waals surface area (Å²) in [5.41, 5.74) is 1.73. The number of carbonyl (C=O) groups excluding carboxylic acids is 1. The molecule has 0 unspecified atom stereocenters. The Kier molecular flexibility index (Phi) is 5.98. The number of halogens is 1. The summed E-state index contributed by atoms with van der Waals surface area (Å²) in [6, 6.07) is 16.7. The van der Waals surface area contributed by atoms with Gasteiger partial charge in [0.2, 0.25) is 0 Å². The van der Waals surface area contributed by atoms with E-state index in [1.54, 1.807) is 18.7 Å². The van der Waals surface area contributed by atoms with Crippen LogP contribution in [0.2, 0.25) is 5.15 Å². The summed E-state index contributed by atoms with van der Waals surface area (Å²) in [7, 11) is 1.61. The molecule has 0 atom stereocenters. The molecule has 0 aliphatic heterocycles. The molecule has 1 N–H and O–H groups in total. The van der Waals surface area contributed by atoms with Crippen LogP contribution in [0.1, 0.15) is 16.1 Å². The Morgan fingerprint density at radius 1 is 1.11 bits per heavy atom. The largest absolute Gasteiger partial charge is 0.497 e. The van der Waals surface area contributed by atoms with Crippen LogP contribution in [-0.4, -0.2) is 35.9 Å². The molecule has 27 heavy (non-hydrogen) atoms. The predicted octanol–water partition coefficient (Wildman–Crippen LogP) is 3.65. The first-order chi connectivity index (χ1) is 13.1. The lowest BCUT2D eigenvalue weighted by molar-refractivity contribution is 0.0946. The molecule has 140 valence electrons. The molecular formula is C20H20ClN3O3. The second-order valence-corrected chi connectivity index (χ2v) is 6.14. The number of nitrogens with zero attached hydrogens (tertiary/aromatic N) is 2. The predicted molar refractivity (Wildman–Crippen MR) is 104 cm³/mol. The zero-order chi connectivity index (χ0) is 19.2. The minimum absolute atomic E-state index is 0.280. The van der Waals surface area contributed by atoms with Gasteiger partial charge in [-0.3, -0.25) is 4.79 Å². The van der Waals surface area contributed by atoms with Gasteiger partial charge in [0.15, 0.2) is 0 Å². The Hall–Kier alpha value is -2.99. The molecule has 3 rings (SSSR count). The van der Waals surface area contributed by atoms with Crippen LogP contribution in [0.3, 0.4) is 0 Å². The number of methoxy groups -OCH3 is 1. The Morgan fingerprint density at radius 3 is 2.44 bits per heavy atom. The van der Waals surface area contributed by atoms with Gasteiger partial charge in [-0.15, -0.1) is 0 Å². The fourth-order valence-electron chi connectivity index (χ4n) is 2.59. The first kappa shape index (κ1) is 18.8. The van der Waals surface area contributed by atoms with Crippen molar-refractivity contribution in [1.29, 1.82) is 0 Å². The molecule has 1 aromatic heterocycles. The summed E-state index contributed by atoms with van der Waals surface area (Å²) < 4.78 is 12.3. The zero-order valence-corrected chi connectivity index (χ0v) is 15.9. The number of ether oxygens (including phenoxy) is 2. The van der Waals surface area contributed by atoms with Gasteiger partial charge in [0.25, 0.3) is 5.91 Å². The summed E-state index contributed by atoms with van der Waals surface area (Å²) in [4.78, 5) is 12.5. The Balaban J connectivity index is 1.59. The third-order valence-electron chi connectivity index (χ3n) is 3.95. The van der Waals surface area contributed by atoms with Crippen molar-refractivity contribution >= 4 is 17.5 Å². The second kappa shape index (κ2) is 8.60. The van der Waals surface area contributed by atoms with Crippen LogP contribution >= 0.6 is 11.6 Å². The smallest absolute Gasteiger partial charge is 0.256 e. The Morgan fingerprint density at radius 2 is 1.78 bits per heavy atom. The number of aryl methyl sites for hydroxylation is 1. The molecule has 7 heteroatoms. The number of para-hydroxylation sites is 1. The van der Waals surface area contributed by atoms with Crippen molar-refractivity contribution in [1.82, 2.24) is 15.1 Å². The average molecular weight is 386 g/mol. The molecule has 0 aliphatic rings. The van der Waals surface area contributed by atoms with Crippen molar-refractivity contribution in [3.63, 3.8) is 0 Å². The van der Waals surface area contributed by atoms with Crippen LogP contribution in [0.25, 0.3) is 5.69 Å². The lowest BCUT2D eigenvalue weighted by atomic mass is 10.2. The van der Waals surface area contributed by atoms with E-state index in [-0.39, 0.29) is 11.1 Å². The Bertz CT molecular complexity index is 908. The average Bonchev–Trinajstić information content (AvgIpc) is 3.00. The van der Waals surface area contributed by atoms with E-state index in [1.165, 1.54) is 0 Å². The van der Waals surface area contributed by atoms with Crippen molar-refractivity contribution in [2.75, 3.05) is 20.3 Å². The van der Waals surface area contributed by atoms with Gasteiger partial charge >= 0.3 is 0 Å². The molecule has 0 bridgehead atoms. The van der Waals surface area contributed by atoms with E-state index >= 15 is 0 Å². The zero-order valence-electron chi connectivity index (χ0n) is 15.1. The van der Waals surface area contributed by atoms with Crippen LogP contribution in [0, 0.1) is 6.92 Å². The van der Waals surface area contributed by atoms with Gasteiger partial charge in [0, 0.05) is 0 Å². The van der Waals surface area contributed by atoms with Crippen molar-refractivity contribution in [2.45, 2.75) is 6.92 Å². The third kappa shape index (κ3) is 4.41. The normalized spacial score (nSPS) is 10.5. The van der Waals surface area contributed by atoms with E-state index < -0.39 is 0 Å². The standard InChI is InChI=1S/C20H20ClN3O3/c1-14-18(19(21)24(23-14)15-6-4-3-5-7-15)20(25)22-12-13-27-17-10-8-16(26-2)9-11-17/h3-11H,12-13H2,1-2H3,(H,22,25). The first-order valence-electron chi connectivity index (χ1n) is 8.45. The molecule has 0 aliphatic carbocycles. The topological polar surface area (TPSA) is 65.4 Å². The van der Waals surface area contributed by atoms with Gasteiger partial charge < -0.3 is 14.8 Å². The van der Waals surface area contributed by atoms with Gasteiger partial charge in [-0.25, -0.2) is 4.68 Å². The summed E-state index contributed by atoms with van der Waals surface area (Å²) in [6.07, 6.45) is 0. The number of carbonyl (C=O) groups is 1. The fraction of sp³-hybridized carbons (Fsp3) is 0.200.